The maximum atomic E-state index is 10.7. The number of rotatable bonds is 3. The molecule has 0 amide bonds. The summed E-state index contributed by atoms with van der Waals surface area (Å²) in [6, 6.07) is 2.18. The molecule has 0 radical (unpaired) electrons. The SMILES string of the molecule is Cc1cc(O)c([C@H](C2CCOCC2)N2CCNCC2)c(C)c1Br.Cl.Cl. The molecule has 0 bridgehead atoms. The van der Waals surface area contributed by atoms with Crippen LogP contribution in [0, 0.1) is 19.8 Å². The number of hydrogen-bond donors (Lipinski definition) is 2. The van der Waals surface area contributed by atoms with Gasteiger partial charge in [-0.25, -0.2) is 0 Å². The highest BCUT2D eigenvalue weighted by atomic mass is 79.9. The van der Waals surface area contributed by atoms with Crippen LogP contribution in [0.25, 0.3) is 0 Å². The lowest BCUT2D eigenvalue weighted by atomic mass is 9.83. The average molecular weight is 456 g/mol. The van der Waals surface area contributed by atoms with Crippen LogP contribution < -0.4 is 5.32 Å². The second kappa shape index (κ2) is 10.3. The molecular formula is C18H29BrCl2N2O2. The fourth-order valence-electron chi connectivity index (χ4n) is 4.03. The van der Waals surface area contributed by atoms with E-state index in [1.54, 1.807) is 0 Å². The Kier molecular flexibility index (Phi) is 9.51. The van der Waals surface area contributed by atoms with E-state index in [9.17, 15) is 5.11 Å². The van der Waals surface area contributed by atoms with Crippen LogP contribution in [0.3, 0.4) is 0 Å². The summed E-state index contributed by atoms with van der Waals surface area (Å²) in [4.78, 5) is 2.55. The number of phenols is 1. The number of hydrogen-bond acceptors (Lipinski definition) is 4. The van der Waals surface area contributed by atoms with Crippen LogP contribution in [0.5, 0.6) is 5.75 Å². The Morgan fingerprint density at radius 3 is 2.40 bits per heavy atom. The van der Waals surface area contributed by atoms with Gasteiger partial charge in [-0.1, -0.05) is 15.9 Å². The second-order valence-corrected chi connectivity index (χ2v) is 7.54. The second-order valence-electron chi connectivity index (χ2n) is 6.75. The third kappa shape index (κ3) is 5.02. The lowest BCUT2D eigenvalue weighted by Crippen LogP contribution is -2.47. The highest BCUT2D eigenvalue weighted by molar-refractivity contribution is 9.10. The van der Waals surface area contributed by atoms with E-state index in [-0.39, 0.29) is 30.9 Å². The molecule has 0 aliphatic carbocycles. The predicted octanol–water partition coefficient (Wildman–Crippen LogP) is 3.99. The maximum Gasteiger partial charge on any atom is 0.120 e. The number of benzene rings is 1. The highest BCUT2D eigenvalue weighted by Crippen LogP contribution is 2.43. The molecule has 0 saturated carbocycles. The summed E-state index contributed by atoms with van der Waals surface area (Å²) in [7, 11) is 0. The Labute approximate surface area is 171 Å². The fraction of sp³-hybridized carbons (Fsp3) is 0.667. The van der Waals surface area contributed by atoms with Gasteiger partial charge >= 0.3 is 0 Å². The molecule has 1 atom stereocenters. The number of ether oxygens (including phenoxy) is 1. The first-order valence-corrected chi connectivity index (χ1v) is 9.40. The zero-order valence-electron chi connectivity index (χ0n) is 14.9. The molecule has 0 aromatic heterocycles. The molecule has 25 heavy (non-hydrogen) atoms. The van der Waals surface area contributed by atoms with E-state index >= 15 is 0 Å². The first-order chi connectivity index (χ1) is 11.1. The summed E-state index contributed by atoms with van der Waals surface area (Å²) < 4.78 is 6.70. The molecule has 1 aromatic rings. The highest BCUT2D eigenvalue weighted by Gasteiger charge is 2.34. The summed E-state index contributed by atoms with van der Waals surface area (Å²) in [6.07, 6.45) is 2.14. The van der Waals surface area contributed by atoms with E-state index < -0.39 is 0 Å². The number of nitrogens with zero attached hydrogens (tertiary/aromatic N) is 1. The van der Waals surface area contributed by atoms with Crippen molar-refractivity contribution >= 4 is 40.7 Å². The molecule has 2 fully saturated rings. The minimum atomic E-state index is 0. The number of nitrogens with one attached hydrogen (secondary N) is 1. The van der Waals surface area contributed by atoms with Gasteiger partial charge in [-0.05, 0) is 49.8 Å². The maximum absolute atomic E-state index is 10.7. The van der Waals surface area contributed by atoms with Crippen LogP contribution in [-0.2, 0) is 4.74 Å². The molecule has 0 spiro atoms. The Bertz CT molecular complexity index is 544. The summed E-state index contributed by atoms with van der Waals surface area (Å²) in [5, 5.41) is 14.2. The van der Waals surface area contributed by atoms with Gasteiger partial charge in [-0.3, -0.25) is 4.90 Å². The molecule has 2 N–H and O–H groups in total. The van der Waals surface area contributed by atoms with Crippen LogP contribution in [-0.4, -0.2) is 49.4 Å². The standard InChI is InChI=1S/C18H27BrN2O2.2ClH/c1-12-11-15(22)16(13(2)17(12)19)18(14-3-9-23-10-4-14)21-7-5-20-6-8-21;;/h11,14,18,20,22H,3-10H2,1-2H3;2*1H/t18-;;/m0../s1. The zero-order chi connectivity index (χ0) is 16.4. The number of piperazine rings is 1. The molecule has 0 unspecified atom stereocenters. The van der Waals surface area contributed by atoms with E-state index in [2.05, 4.69) is 33.1 Å². The molecule has 2 aliphatic heterocycles. The minimum absolute atomic E-state index is 0. The minimum Gasteiger partial charge on any atom is -0.508 e. The Morgan fingerprint density at radius 2 is 1.80 bits per heavy atom. The van der Waals surface area contributed by atoms with Crippen LogP contribution in [0.4, 0.5) is 0 Å². The third-order valence-electron chi connectivity index (χ3n) is 5.26. The van der Waals surface area contributed by atoms with Crippen molar-refractivity contribution < 1.29 is 9.84 Å². The monoisotopic (exact) mass is 454 g/mol. The summed E-state index contributed by atoms with van der Waals surface area (Å²) in [5.41, 5.74) is 3.38. The Morgan fingerprint density at radius 1 is 1.20 bits per heavy atom. The summed E-state index contributed by atoms with van der Waals surface area (Å²) in [6.45, 7) is 9.94. The van der Waals surface area contributed by atoms with Gasteiger partial charge in [-0.15, -0.1) is 24.8 Å². The first-order valence-electron chi connectivity index (χ1n) is 8.60. The number of halogens is 3. The van der Waals surface area contributed by atoms with Crippen LogP contribution >= 0.6 is 40.7 Å². The van der Waals surface area contributed by atoms with Gasteiger partial charge < -0.3 is 15.2 Å². The quantitative estimate of drug-likeness (QED) is 0.723. The van der Waals surface area contributed by atoms with Crippen molar-refractivity contribution in [2.45, 2.75) is 32.7 Å². The van der Waals surface area contributed by atoms with Gasteiger partial charge in [0, 0.05) is 55.5 Å². The molecule has 4 nitrogen and oxygen atoms in total. The van der Waals surface area contributed by atoms with Gasteiger partial charge in [0.1, 0.15) is 5.75 Å². The lowest BCUT2D eigenvalue weighted by molar-refractivity contribution is 0.0204. The molecule has 2 saturated heterocycles. The van der Waals surface area contributed by atoms with Crippen molar-refractivity contribution in [3.63, 3.8) is 0 Å². The molecule has 3 rings (SSSR count). The molecule has 2 aliphatic rings. The van der Waals surface area contributed by atoms with Crippen molar-refractivity contribution in [1.82, 2.24) is 10.2 Å². The first kappa shape index (κ1) is 23.0. The molecule has 1 aromatic carbocycles. The zero-order valence-corrected chi connectivity index (χ0v) is 18.1. The predicted molar refractivity (Wildman–Crippen MR) is 111 cm³/mol. The smallest absolute Gasteiger partial charge is 0.120 e. The molecule has 7 heteroatoms. The number of phenolic OH excluding ortho intramolecular Hbond substituents is 1. The lowest BCUT2D eigenvalue weighted by Gasteiger charge is -2.42. The largest absolute Gasteiger partial charge is 0.508 e. The van der Waals surface area contributed by atoms with Crippen molar-refractivity contribution in [2.24, 2.45) is 5.92 Å². The van der Waals surface area contributed by atoms with Crippen molar-refractivity contribution in [3.05, 3.63) is 27.2 Å². The Balaban J connectivity index is 0.00000156. The van der Waals surface area contributed by atoms with E-state index in [4.69, 9.17) is 4.74 Å². The van der Waals surface area contributed by atoms with Gasteiger partial charge in [0.15, 0.2) is 0 Å². The van der Waals surface area contributed by atoms with Gasteiger partial charge in [0.2, 0.25) is 0 Å². The Hall–Kier alpha value is -0.0400. The number of aryl methyl sites for hydroxylation is 1. The molecule has 144 valence electrons. The van der Waals surface area contributed by atoms with Crippen molar-refractivity contribution in [2.75, 3.05) is 39.4 Å². The van der Waals surface area contributed by atoms with E-state index in [0.29, 0.717) is 11.7 Å². The van der Waals surface area contributed by atoms with E-state index in [1.807, 2.05) is 13.0 Å². The van der Waals surface area contributed by atoms with Crippen molar-refractivity contribution in [3.8, 4) is 5.75 Å². The van der Waals surface area contributed by atoms with Gasteiger partial charge in [-0.2, -0.15) is 0 Å². The fourth-order valence-corrected chi connectivity index (χ4v) is 4.36. The molecular weight excluding hydrogens is 427 g/mol. The third-order valence-corrected chi connectivity index (χ3v) is 6.48. The van der Waals surface area contributed by atoms with E-state index in [1.165, 1.54) is 5.56 Å². The van der Waals surface area contributed by atoms with Crippen LogP contribution in [0.1, 0.15) is 35.6 Å². The average Bonchev–Trinajstić information content (AvgIpc) is 2.58. The van der Waals surface area contributed by atoms with E-state index in [0.717, 1.165) is 67.8 Å². The van der Waals surface area contributed by atoms with Gasteiger partial charge in [0.05, 0.1) is 0 Å². The summed E-state index contributed by atoms with van der Waals surface area (Å²) >= 11 is 3.71. The topological polar surface area (TPSA) is 44.7 Å². The molecule has 2 heterocycles. The summed E-state index contributed by atoms with van der Waals surface area (Å²) in [5.74, 6) is 0.985. The van der Waals surface area contributed by atoms with Gasteiger partial charge in [0.25, 0.3) is 0 Å². The van der Waals surface area contributed by atoms with Crippen LogP contribution in [0.15, 0.2) is 10.5 Å². The normalized spacial score (nSPS) is 20.4. The van der Waals surface area contributed by atoms with Crippen molar-refractivity contribution in [1.29, 1.82) is 0 Å². The van der Waals surface area contributed by atoms with Crippen LogP contribution in [0.2, 0.25) is 0 Å². The number of aromatic hydroxyl groups is 1.